The Balaban J connectivity index is 1.21. The molecular weight excluding hydrogens is 537 g/mol. The van der Waals surface area contributed by atoms with E-state index in [9.17, 15) is 4.57 Å². The highest BCUT2D eigenvalue weighted by atomic mass is 31.2. The summed E-state index contributed by atoms with van der Waals surface area (Å²) in [5.74, 6) is -0.619. The zero-order valence-electron chi connectivity index (χ0n) is 22.0. The van der Waals surface area contributed by atoms with Crippen molar-refractivity contribution in [3.63, 3.8) is 0 Å². The summed E-state index contributed by atoms with van der Waals surface area (Å²) < 4.78 is 51.7. The van der Waals surface area contributed by atoms with Gasteiger partial charge in [0.1, 0.15) is 30.2 Å². The number of phosphoric ester groups is 1. The van der Waals surface area contributed by atoms with Crippen molar-refractivity contribution in [1.29, 1.82) is 0 Å². The number of fused-ring (bicyclic) bond motifs is 2. The number of nitrogen functional groups attached to an aromatic ring is 1. The van der Waals surface area contributed by atoms with E-state index in [1.54, 1.807) is 10.9 Å². The van der Waals surface area contributed by atoms with Crippen LogP contribution in [0.5, 0.6) is 0 Å². The van der Waals surface area contributed by atoms with Crippen molar-refractivity contribution in [3.05, 3.63) is 84.4 Å². The van der Waals surface area contributed by atoms with Crippen LogP contribution < -0.4 is 5.73 Å². The van der Waals surface area contributed by atoms with Crippen molar-refractivity contribution in [3.8, 4) is 0 Å². The van der Waals surface area contributed by atoms with Crippen LogP contribution in [0.25, 0.3) is 11.2 Å². The largest absolute Gasteiger partial charge is 0.475 e. The Bertz CT molecular complexity index is 1460. The molecule has 0 amide bonds. The molecule has 210 valence electrons. The highest BCUT2D eigenvalue weighted by Gasteiger charge is 2.56. The lowest BCUT2D eigenvalue weighted by Gasteiger charge is -2.25. The predicted octanol–water partition coefficient (Wildman–Crippen LogP) is 4.38. The lowest BCUT2D eigenvalue weighted by molar-refractivity contribution is -0.199. The maximum atomic E-state index is 13.8. The number of aromatic nitrogens is 4. The lowest BCUT2D eigenvalue weighted by Crippen LogP contribution is -2.32. The predicted molar refractivity (Wildman–Crippen MR) is 143 cm³/mol. The Morgan fingerprint density at radius 2 is 1.52 bits per heavy atom. The number of hydrogen-bond donors (Lipinski definition) is 1. The van der Waals surface area contributed by atoms with Gasteiger partial charge in [0.05, 0.1) is 26.1 Å². The van der Waals surface area contributed by atoms with E-state index >= 15 is 0 Å². The molecule has 13 heteroatoms. The smallest absolute Gasteiger partial charge is 0.382 e. The summed E-state index contributed by atoms with van der Waals surface area (Å²) in [6.07, 6.45) is 0.562. The molecule has 2 saturated heterocycles. The van der Waals surface area contributed by atoms with Crippen molar-refractivity contribution in [1.82, 2.24) is 19.5 Å². The number of imidazole rings is 1. The average molecular weight is 568 g/mol. The van der Waals surface area contributed by atoms with Crippen LogP contribution in [0, 0.1) is 0 Å². The van der Waals surface area contributed by atoms with Gasteiger partial charge in [-0.15, -0.1) is 0 Å². The Hall–Kier alpha value is -3.22. The molecule has 4 heterocycles. The number of nitrogens with zero attached hydrogens (tertiary/aromatic N) is 4. The number of benzene rings is 2. The fourth-order valence-corrected chi connectivity index (χ4v) is 5.97. The molecule has 2 unspecified atom stereocenters. The van der Waals surface area contributed by atoms with Gasteiger partial charge >= 0.3 is 7.82 Å². The maximum Gasteiger partial charge on any atom is 0.475 e. The van der Waals surface area contributed by atoms with Gasteiger partial charge in [-0.25, -0.2) is 19.5 Å². The molecule has 6 rings (SSSR count). The molecule has 2 N–H and O–H groups in total. The van der Waals surface area contributed by atoms with Crippen molar-refractivity contribution >= 4 is 24.8 Å². The second-order valence-electron chi connectivity index (χ2n) is 9.97. The molecule has 2 aliphatic heterocycles. The minimum absolute atomic E-state index is 0.0436. The van der Waals surface area contributed by atoms with Crippen LogP contribution >= 0.6 is 7.82 Å². The summed E-state index contributed by atoms with van der Waals surface area (Å²) in [5.41, 5.74) is 8.58. The third kappa shape index (κ3) is 5.65. The molecule has 0 aliphatic carbocycles. The first kappa shape index (κ1) is 27.0. The number of rotatable bonds is 10. The topological polar surface area (TPSA) is 142 Å². The highest BCUT2D eigenvalue weighted by molar-refractivity contribution is 7.48. The molecule has 0 bridgehead atoms. The van der Waals surface area contributed by atoms with Crippen LogP contribution in [-0.4, -0.2) is 50.2 Å². The third-order valence-electron chi connectivity index (χ3n) is 6.65. The van der Waals surface area contributed by atoms with E-state index in [1.807, 2.05) is 74.5 Å². The molecule has 40 heavy (non-hydrogen) atoms. The number of hydrogen-bond acceptors (Lipinski definition) is 11. The minimum atomic E-state index is -4.03. The molecule has 2 aromatic carbocycles. The van der Waals surface area contributed by atoms with Crippen molar-refractivity contribution in [2.24, 2.45) is 0 Å². The van der Waals surface area contributed by atoms with Gasteiger partial charge in [0, 0.05) is 0 Å². The SMILES string of the molecule is CC1(C)OC2C(O1)[C@@H](COP(=O)(OCc1ccccc1)OCc1ccccc1)O[C@H]2n1cnc2c(N)ncnc21. The van der Waals surface area contributed by atoms with E-state index in [0.717, 1.165) is 11.1 Å². The molecule has 0 saturated carbocycles. The first-order chi connectivity index (χ1) is 19.3. The number of nitrogens with two attached hydrogens (primary N) is 1. The molecule has 2 aliphatic rings. The molecule has 2 aromatic heterocycles. The quantitative estimate of drug-likeness (QED) is 0.273. The van der Waals surface area contributed by atoms with Gasteiger partial charge in [-0.3, -0.25) is 18.1 Å². The summed E-state index contributed by atoms with van der Waals surface area (Å²) in [4.78, 5) is 12.7. The van der Waals surface area contributed by atoms with Crippen LogP contribution in [0.3, 0.4) is 0 Å². The van der Waals surface area contributed by atoms with Crippen LogP contribution in [-0.2, 0) is 45.6 Å². The fraction of sp³-hybridized carbons (Fsp3) is 0.370. The van der Waals surface area contributed by atoms with Crippen LogP contribution in [0.1, 0.15) is 31.2 Å². The Kier molecular flexibility index (Phi) is 7.41. The molecular formula is C27H30N5O7P. The van der Waals surface area contributed by atoms with E-state index in [-0.39, 0.29) is 25.6 Å². The van der Waals surface area contributed by atoms with Gasteiger partial charge in [-0.1, -0.05) is 60.7 Å². The van der Waals surface area contributed by atoms with E-state index in [1.165, 1.54) is 6.33 Å². The van der Waals surface area contributed by atoms with Crippen LogP contribution in [0.15, 0.2) is 73.3 Å². The van der Waals surface area contributed by atoms with Crippen molar-refractivity contribution in [2.75, 3.05) is 12.3 Å². The number of phosphoric acid groups is 1. The first-order valence-electron chi connectivity index (χ1n) is 12.9. The summed E-state index contributed by atoms with van der Waals surface area (Å²) in [6.45, 7) is 3.60. The van der Waals surface area contributed by atoms with E-state index < -0.39 is 38.1 Å². The number of ether oxygens (including phenoxy) is 3. The third-order valence-corrected chi connectivity index (χ3v) is 8.00. The summed E-state index contributed by atoms with van der Waals surface area (Å²) in [5, 5.41) is 0. The minimum Gasteiger partial charge on any atom is -0.382 e. The van der Waals surface area contributed by atoms with Gasteiger partial charge in [0.25, 0.3) is 0 Å². The molecule has 0 radical (unpaired) electrons. The Labute approximate surface area is 231 Å². The normalized spacial score (nSPS) is 23.9. The van der Waals surface area contributed by atoms with Gasteiger partial charge in [-0.2, -0.15) is 0 Å². The zero-order chi connectivity index (χ0) is 27.7. The zero-order valence-corrected chi connectivity index (χ0v) is 22.9. The van der Waals surface area contributed by atoms with Crippen LogP contribution in [0.2, 0.25) is 0 Å². The van der Waals surface area contributed by atoms with Gasteiger partial charge < -0.3 is 19.9 Å². The standard InChI is InChI=1S/C27H30N5O7P/c1-27(2)38-22-20(37-26(23(22)39-27)32-17-31-21-24(28)29-16-30-25(21)32)15-36-40(33,34-13-18-9-5-3-6-10-18)35-14-19-11-7-4-8-12-19/h3-12,16-17,20,22-23,26H,13-15H2,1-2H3,(H2,28,29,30)/t20-,22?,23?,26-/m1/s1. The second-order valence-corrected chi connectivity index (χ2v) is 11.6. The second kappa shape index (κ2) is 11.0. The van der Waals surface area contributed by atoms with E-state index in [4.69, 9.17) is 33.5 Å². The maximum absolute atomic E-state index is 13.8. The molecule has 4 aromatic rings. The lowest BCUT2D eigenvalue weighted by atomic mass is 10.1. The van der Waals surface area contributed by atoms with E-state index in [2.05, 4.69) is 15.0 Å². The average Bonchev–Trinajstić information content (AvgIpc) is 3.62. The summed E-state index contributed by atoms with van der Waals surface area (Å²) in [6, 6.07) is 18.8. The monoisotopic (exact) mass is 567 g/mol. The Morgan fingerprint density at radius 3 is 2.17 bits per heavy atom. The van der Waals surface area contributed by atoms with Crippen LogP contribution in [0.4, 0.5) is 5.82 Å². The molecule has 4 atom stereocenters. The first-order valence-corrected chi connectivity index (χ1v) is 14.3. The Morgan fingerprint density at radius 1 is 0.900 bits per heavy atom. The summed E-state index contributed by atoms with van der Waals surface area (Å²) in [7, 11) is -4.03. The van der Waals surface area contributed by atoms with Crippen molar-refractivity contribution < 1.29 is 32.3 Å². The number of anilines is 1. The summed E-state index contributed by atoms with van der Waals surface area (Å²) >= 11 is 0. The fourth-order valence-electron chi connectivity index (χ4n) is 4.81. The van der Waals surface area contributed by atoms with Crippen molar-refractivity contribution in [2.45, 2.75) is 57.4 Å². The molecule has 2 fully saturated rings. The van der Waals surface area contributed by atoms with Gasteiger partial charge in [0.2, 0.25) is 0 Å². The van der Waals surface area contributed by atoms with Gasteiger partial charge in [-0.05, 0) is 25.0 Å². The molecule has 12 nitrogen and oxygen atoms in total. The van der Waals surface area contributed by atoms with E-state index in [0.29, 0.717) is 11.2 Å². The molecule has 0 spiro atoms. The van der Waals surface area contributed by atoms with Gasteiger partial charge in [0.15, 0.2) is 23.5 Å². The highest BCUT2D eigenvalue weighted by Crippen LogP contribution is 2.52.